The predicted octanol–water partition coefficient (Wildman–Crippen LogP) is 3.01. The van der Waals surface area contributed by atoms with Crippen molar-refractivity contribution in [3.63, 3.8) is 0 Å². The summed E-state index contributed by atoms with van der Waals surface area (Å²) in [6, 6.07) is 0. The van der Waals surface area contributed by atoms with E-state index in [0.717, 1.165) is 36.6 Å². The summed E-state index contributed by atoms with van der Waals surface area (Å²) in [6.07, 6.45) is 1.72. The highest BCUT2D eigenvalue weighted by atomic mass is 79.9. The van der Waals surface area contributed by atoms with Crippen molar-refractivity contribution in [3.8, 4) is 0 Å². The molecule has 0 heterocycles. The van der Waals surface area contributed by atoms with E-state index in [9.17, 15) is 4.79 Å². The van der Waals surface area contributed by atoms with Gasteiger partial charge in [0.2, 0.25) is 0 Å². The second-order valence-corrected chi connectivity index (χ2v) is 4.36. The van der Waals surface area contributed by atoms with E-state index < -0.39 is 0 Å². The van der Waals surface area contributed by atoms with Gasteiger partial charge in [-0.3, -0.25) is 0 Å². The van der Waals surface area contributed by atoms with E-state index in [1.807, 2.05) is 6.92 Å². The Morgan fingerprint density at radius 1 is 1.21 bits per heavy atom. The Hall–Kier alpha value is 0.230. The van der Waals surface area contributed by atoms with Crippen LogP contribution in [0.1, 0.15) is 19.8 Å². The van der Waals surface area contributed by atoms with E-state index in [4.69, 9.17) is 4.74 Å². The molecule has 0 radical (unpaired) electrons. The molecule has 0 aromatic rings. The third kappa shape index (κ3) is 6.65. The molecule has 0 N–H and O–H groups in total. The Balaban J connectivity index is 3.88. The first-order valence-electron chi connectivity index (χ1n) is 4.79. The van der Waals surface area contributed by atoms with Gasteiger partial charge in [-0.25, -0.2) is 4.79 Å². The second-order valence-electron chi connectivity index (χ2n) is 2.77. The molecule has 0 spiro atoms. The summed E-state index contributed by atoms with van der Waals surface area (Å²) in [6.45, 7) is 3.79. The maximum absolute atomic E-state index is 11.4. The molecule has 0 fully saturated rings. The number of hydrogen-bond donors (Lipinski definition) is 0. The third-order valence-electron chi connectivity index (χ3n) is 1.65. The van der Waals surface area contributed by atoms with Crippen LogP contribution in [0.3, 0.4) is 0 Å². The number of carbonyl (C=O) groups is 1. The van der Waals surface area contributed by atoms with Crippen LogP contribution in [0.2, 0.25) is 0 Å². The van der Waals surface area contributed by atoms with Gasteiger partial charge in [0.1, 0.15) is 0 Å². The molecule has 0 unspecified atom stereocenters. The molecule has 3 nitrogen and oxygen atoms in total. The smallest absolute Gasteiger partial charge is 0.409 e. The summed E-state index contributed by atoms with van der Waals surface area (Å²) in [4.78, 5) is 13.2. The Morgan fingerprint density at radius 3 is 2.07 bits per heavy atom. The molecular formula is C9H17Br2NO2. The van der Waals surface area contributed by atoms with Gasteiger partial charge in [0.15, 0.2) is 0 Å². The van der Waals surface area contributed by atoms with Crippen molar-refractivity contribution >= 4 is 38.0 Å². The van der Waals surface area contributed by atoms with E-state index in [0.29, 0.717) is 6.61 Å². The van der Waals surface area contributed by atoms with E-state index >= 15 is 0 Å². The molecule has 0 saturated carbocycles. The largest absolute Gasteiger partial charge is 0.450 e. The summed E-state index contributed by atoms with van der Waals surface area (Å²) in [5.41, 5.74) is 0. The molecule has 0 aromatic heterocycles. The molecule has 14 heavy (non-hydrogen) atoms. The molecule has 0 bridgehead atoms. The monoisotopic (exact) mass is 329 g/mol. The van der Waals surface area contributed by atoms with E-state index in [1.54, 1.807) is 4.90 Å². The molecular weight excluding hydrogens is 314 g/mol. The summed E-state index contributed by atoms with van der Waals surface area (Å²) < 4.78 is 4.95. The lowest BCUT2D eigenvalue weighted by atomic mass is 10.4. The number of halogens is 2. The van der Waals surface area contributed by atoms with E-state index in [2.05, 4.69) is 31.9 Å². The van der Waals surface area contributed by atoms with Gasteiger partial charge in [-0.05, 0) is 19.8 Å². The lowest BCUT2D eigenvalue weighted by molar-refractivity contribution is 0.107. The lowest BCUT2D eigenvalue weighted by Gasteiger charge is -2.20. The second kappa shape index (κ2) is 9.77. The average molecular weight is 331 g/mol. The van der Waals surface area contributed by atoms with Gasteiger partial charge in [-0.1, -0.05) is 31.9 Å². The van der Waals surface area contributed by atoms with Gasteiger partial charge in [-0.15, -0.1) is 0 Å². The van der Waals surface area contributed by atoms with Gasteiger partial charge in [-0.2, -0.15) is 0 Å². The highest BCUT2D eigenvalue weighted by Gasteiger charge is 2.12. The van der Waals surface area contributed by atoms with Gasteiger partial charge in [0, 0.05) is 23.7 Å². The summed E-state index contributed by atoms with van der Waals surface area (Å²) in [7, 11) is 0. The molecule has 0 aliphatic carbocycles. The van der Waals surface area contributed by atoms with Gasteiger partial charge >= 0.3 is 6.09 Å². The summed E-state index contributed by atoms with van der Waals surface area (Å²) in [5, 5.41) is 1.83. The maximum atomic E-state index is 11.4. The lowest BCUT2D eigenvalue weighted by Crippen LogP contribution is -2.33. The fourth-order valence-corrected chi connectivity index (χ4v) is 1.51. The van der Waals surface area contributed by atoms with Crippen molar-refractivity contribution in [1.29, 1.82) is 0 Å². The Labute approximate surface area is 102 Å². The number of alkyl halides is 2. The normalized spacial score (nSPS) is 9.93. The fourth-order valence-electron chi connectivity index (χ4n) is 1.01. The zero-order valence-electron chi connectivity index (χ0n) is 8.47. The Bertz CT molecular complexity index is 148. The molecule has 84 valence electrons. The first kappa shape index (κ1) is 14.2. The average Bonchev–Trinajstić information content (AvgIpc) is 2.18. The van der Waals surface area contributed by atoms with Crippen LogP contribution < -0.4 is 0 Å². The van der Waals surface area contributed by atoms with Crippen LogP contribution in [-0.2, 0) is 4.74 Å². The first-order valence-corrected chi connectivity index (χ1v) is 7.04. The van der Waals surface area contributed by atoms with Crippen LogP contribution in [0, 0.1) is 0 Å². The van der Waals surface area contributed by atoms with E-state index in [1.165, 1.54) is 0 Å². The van der Waals surface area contributed by atoms with Gasteiger partial charge in [0.05, 0.1) is 6.61 Å². The molecule has 5 heteroatoms. The van der Waals surface area contributed by atoms with Crippen molar-refractivity contribution in [2.75, 3.05) is 30.4 Å². The summed E-state index contributed by atoms with van der Waals surface area (Å²) >= 11 is 6.69. The van der Waals surface area contributed by atoms with Crippen LogP contribution in [-0.4, -0.2) is 41.3 Å². The first-order chi connectivity index (χ1) is 6.76. The number of rotatable bonds is 7. The van der Waals surface area contributed by atoms with Crippen molar-refractivity contribution < 1.29 is 9.53 Å². The number of ether oxygens (including phenoxy) is 1. The minimum Gasteiger partial charge on any atom is -0.450 e. The number of amides is 1. The minimum atomic E-state index is -0.200. The van der Waals surface area contributed by atoms with Crippen molar-refractivity contribution in [2.24, 2.45) is 0 Å². The summed E-state index contributed by atoms with van der Waals surface area (Å²) in [5.74, 6) is 0. The maximum Gasteiger partial charge on any atom is 0.409 e. The highest BCUT2D eigenvalue weighted by molar-refractivity contribution is 9.09. The van der Waals surface area contributed by atoms with Gasteiger partial charge < -0.3 is 9.64 Å². The molecule has 0 atom stereocenters. The molecule has 0 rings (SSSR count). The molecule has 0 saturated heterocycles. The van der Waals surface area contributed by atoms with Crippen LogP contribution >= 0.6 is 31.9 Å². The molecule has 0 aromatic carbocycles. The van der Waals surface area contributed by atoms with E-state index in [-0.39, 0.29) is 6.09 Å². The number of carbonyl (C=O) groups excluding carboxylic acids is 1. The fraction of sp³-hybridized carbons (Fsp3) is 0.889. The van der Waals surface area contributed by atoms with Crippen molar-refractivity contribution in [1.82, 2.24) is 4.90 Å². The van der Waals surface area contributed by atoms with Crippen molar-refractivity contribution in [2.45, 2.75) is 19.8 Å². The number of nitrogens with zero attached hydrogens (tertiary/aromatic N) is 1. The third-order valence-corrected chi connectivity index (χ3v) is 2.77. The van der Waals surface area contributed by atoms with Crippen LogP contribution in [0.4, 0.5) is 4.79 Å². The van der Waals surface area contributed by atoms with Gasteiger partial charge in [0.25, 0.3) is 0 Å². The molecule has 1 amide bonds. The SMILES string of the molecule is CCOC(=O)N(CCCBr)CCCBr. The predicted molar refractivity (Wildman–Crippen MR) is 65.4 cm³/mol. The number of hydrogen-bond acceptors (Lipinski definition) is 2. The standard InChI is InChI=1S/C9H17Br2NO2/c1-2-14-9(13)12(7-3-5-10)8-4-6-11/h2-8H2,1H3. The van der Waals surface area contributed by atoms with Crippen molar-refractivity contribution in [3.05, 3.63) is 0 Å². The molecule has 0 aliphatic heterocycles. The van der Waals surface area contributed by atoms with Crippen LogP contribution in [0.25, 0.3) is 0 Å². The zero-order chi connectivity index (χ0) is 10.8. The molecule has 0 aliphatic rings. The minimum absolute atomic E-state index is 0.200. The zero-order valence-corrected chi connectivity index (χ0v) is 11.6. The Kier molecular flexibility index (Phi) is 9.93. The van der Waals surface area contributed by atoms with Crippen LogP contribution in [0.15, 0.2) is 0 Å². The quantitative estimate of drug-likeness (QED) is 0.671. The Morgan fingerprint density at radius 2 is 1.71 bits per heavy atom. The topological polar surface area (TPSA) is 29.5 Å². The highest BCUT2D eigenvalue weighted by Crippen LogP contribution is 2.01. The van der Waals surface area contributed by atoms with Crippen LogP contribution in [0.5, 0.6) is 0 Å².